The number of amides is 1. The highest BCUT2D eigenvalue weighted by Gasteiger charge is 2.21. The lowest BCUT2D eigenvalue weighted by molar-refractivity contribution is -0.122. The SMILES string of the molecule is CN1CCN(CC(NC(=O)CCc2ncc(-c3ccc(F)cc3)o2)c2ccccc2)CC1. The molecule has 2 aromatic carbocycles. The number of oxazole rings is 1. The van der Waals surface area contributed by atoms with Crippen molar-refractivity contribution in [3.8, 4) is 11.3 Å². The Morgan fingerprint density at radius 2 is 1.81 bits per heavy atom. The van der Waals surface area contributed by atoms with E-state index in [0.717, 1.165) is 43.9 Å². The lowest BCUT2D eigenvalue weighted by Crippen LogP contribution is -2.47. The first-order valence-corrected chi connectivity index (χ1v) is 11.0. The van der Waals surface area contributed by atoms with Gasteiger partial charge in [-0.05, 0) is 36.9 Å². The average molecular weight is 437 g/mol. The number of hydrogen-bond donors (Lipinski definition) is 1. The van der Waals surface area contributed by atoms with Crippen molar-refractivity contribution in [2.75, 3.05) is 39.8 Å². The van der Waals surface area contributed by atoms with Crippen molar-refractivity contribution in [2.24, 2.45) is 0 Å². The maximum atomic E-state index is 13.1. The van der Waals surface area contributed by atoms with Crippen LogP contribution in [0.4, 0.5) is 4.39 Å². The predicted octanol–water partition coefficient (Wildman–Crippen LogP) is 3.52. The summed E-state index contributed by atoms with van der Waals surface area (Å²) in [6.45, 7) is 4.86. The lowest BCUT2D eigenvalue weighted by atomic mass is 10.1. The molecule has 1 atom stereocenters. The molecule has 3 aromatic rings. The molecule has 6 nitrogen and oxygen atoms in total. The Balaban J connectivity index is 1.34. The number of carbonyl (C=O) groups excluding carboxylic acids is 1. The number of hydrogen-bond acceptors (Lipinski definition) is 5. The Labute approximate surface area is 188 Å². The van der Waals surface area contributed by atoms with Crippen molar-refractivity contribution in [3.05, 3.63) is 78.1 Å². The Hall–Kier alpha value is -3.03. The van der Waals surface area contributed by atoms with Crippen molar-refractivity contribution in [1.29, 1.82) is 0 Å². The van der Waals surface area contributed by atoms with Crippen LogP contribution < -0.4 is 5.32 Å². The van der Waals surface area contributed by atoms with Gasteiger partial charge >= 0.3 is 0 Å². The van der Waals surface area contributed by atoms with Crippen LogP contribution in [0.25, 0.3) is 11.3 Å². The zero-order valence-electron chi connectivity index (χ0n) is 18.3. The first-order chi connectivity index (χ1) is 15.6. The van der Waals surface area contributed by atoms with Gasteiger partial charge in [0.15, 0.2) is 11.7 Å². The minimum atomic E-state index is -0.297. The van der Waals surface area contributed by atoms with E-state index in [-0.39, 0.29) is 24.2 Å². The first-order valence-electron chi connectivity index (χ1n) is 11.0. The van der Waals surface area contributed by atoms with Crippen molar-refractivity contribution >= 4 is 5.91 Å². The third-order valence-corrected chi connectivity index (χ3v) is 5.82. The summed E-state index contributed by atoms with van der Waals surface area (Å²) in [6.07, 6.45) is 2.30. The summed E-state index contributed by atoms with van der Waals surface area (Å²) in [7, 11) is 2.14. The molecule has 1 aliphatic heterocycles. The number of likely N-dealkylation sites (N-methyl/N-ethyl adjacent to an activating group) is 1. The number of nitrogens with one attached hydrogen (secondary N) is 1. The van der Waals surface area contributed by atoms with Gasteiger partial charge in [0.25, 0.3) is 0 Å². The molecule has 1 amide bonds. The van der Waals surface area contributed by atoms with Gasteiger partial charge in [0.2, 0.25) is 5.91 Å². The summed E-state index contributed by atoms with van der Waals surface area (Å²) < 4.78 is 18.9. The minimum Gasteiger partial charge on any atom is -0.441 e. The van der Waals surface area contributed by atoms with Crippen LogP contribution in [0.1, 0.15) is 23.9 Å². The molecular formula is C25H29FN4O2. The Kier molecular flexibility index (Phi) is 7.29. The van der Waals surface area contributed by atoms with E-state index in [2.05, 4.69) is 39.3 Å². The third kappa shape index (κ3) is 6.02. The number of aromatic nitrogens is 1. The molecule has 1 N–H and O–H groups in total. The molecule has 1 saturated heterocycles. The fourth-order valence-electron chi connectivity index (χ4n) is 3.87. The predicted molar refractivity (Wildman–Crippen MR) is 121 cm³/mol. The number of nitrogens with zero attached hydrogens (tertiary/aromatic N) is 3. The van der Waals surface area contributed by atoms with E-state index in [1.807, 2.05) is 18.2 Å². The van der Waals surface area contributed by atoms with Gasteiger partial charge in [-0.15, -0.1) is 0 Å². The van der Waals surface area contributed by atoms with Gasteiger partial charge in [0, 0.05) is 51.1 Å². The van der Waals surface area contributed by atoms with Gasteiger partial charge in [-0.25, -0.2) is 9.37 Å². The summed E-state index contributed by atoms with van der Waals surface area (Å²) in [5, 5.41) is 3.20. The maximum Gasteiger partial charge on any atom is 0.221 e. The molecule has 4 rings (SSSR count). The fraction of sp³-hybridized carbons (Fsp3) is 0.360. The molecule has 0 saturated carbocycles. The van der Waals surface area contributed by atoms with Crippen LogP contribution in [0.2, 0.25) is 0 Å². The third-order valence-electron chi connectivity index (χ3n) is 5.82. The zero-order valence-corrected chi connectivity index (χ0v) is 18.3. The second kappa shape index (κ2) is 10.5. The molecule has 7 heteroatoms. The van der Waals surface area contributed by atoms with Gasteiger partial charge in [-0.2, -0.15) is 0 Å². The number of aryl methyl sites for hydroxylation is 1. The van der Waals surface area contributed by atoms with E-state index >= 15 is 0 Å². The molecule has 0 spiro atoms. The van der Waals surface area contributed by atoms with Crippen LogP contribution in [-0.4, -0.2) is 60.5 Å². The first kappa shape index (κ1) is 22.2. The second-order valence-electron chi connectivity index (χ2n) is 8.26. The minimum absolute atomic E-state index is 0.0329. The maximum absolute atomic E-state index is 13.1. The molecule has 0 radical (unpaired) electrons. The second-order valence-corrected chi connectivity index (χ2v) is 8.26. The Bertz CT molecular complexity index is 998. The topological polar surface area (TPSA) is 61.6 Å². The molecular weight excluding hydrogens is 407 g/mol. The highest BCUT2D eigenvalue weighted by atomic mass is 19.1. The van der Waals surface area contributed by atoms with Crippen molar-refractivity contribution in [1.82, 2.24) is 20.1 Å². The summed E-state index contributed by atoms with van der Waals surface area (Å²) >= 11 is 0. The van der Waals surface area contributed by atoms with Crippen LogP contribution in [0.15, 0.2) is 65.2 Å². The summed E-state index contributed by atoms with van der Waals surface area (Å²) in [5.41, 5.74) is 1.86. The van der Waals surface area contributed by atoms with E-state index in [1.165, 1.54) is 12.1 Å². The number of benzene rings is 2. The highest BCUT2D eigenvalue weighted by Crippen LogP contribution is 2.21. The molecule has 1 aliphatic rings. The molecule has 1 unspecified atom stereocenters. The quantitative estimate of drug-likeness (QED) is 0.586. The lowest BCUT2D eigenvalue weighted by Gasteiger charge is -2.35. The van der Waals surface area contributed by atoms with E-state index in [9.17, 15) is 9.18 Å². The summed E-state index contributed by atoms with van der Waals surface area (Å²) in [4.78, 5) is 21.8. The Morgan fingerprint density at radius 1 is 1.09 bits per heavy atom. The van der Waals surface area contributed by atoms with Crippen LogP contribution in [-0.2, 0) is 11.2 Å². The molecule has 1 fully saturated rings. The normalized spacial score (nSPS) is 16.1. The number of carbonyl (C=O) groups is 1. The highest BCUT2D eigenvalue weighted by molar-refractivity contribution is 5.76. The van der Waals surface area contributed by atoms with Crippen molar-refractivity contribution in [2.45, 2.75) is 18.9 Å². The largest absolute Gasteiger partial charge is 0.441 e. The van der Waals surface area contributed by atoms with E-state index in [1.54, 1.807) is 18.3 Å². The smallest absolute Gasteiger partial charge is 0.221 e. The van der Waals surface area contributed by atoms with Gasteiger partial charge in [-0.3, -0.25) is 9.69 Å². The van der Waals surface area contributed by atoms with E-state index in [0.29, 0.717) is 18.1 Å². The summed E-state index contributed by atoms with van der Waals surface area (Å²) in [5.74, 6) is 0.733. The number of piperazine rings is 1. The van der Waals surface area contributed by atoms with Crippen LogP contribution in [0.3, 0.4) is 0 Å². The molecule has 0 aliphatic carbocycles. The van der Waals surface area contributed by atoms with Gasteiger partial charge in [0.1, 0.15) is 5.82 Å². The van der Waals surface area contributed by atoms with Gasteiger partial charge < -0.3 is 14.6 Å². The van der Waals surface area contributed by atoms with E-state index in [4.69, 9.17) is 4.42 Å². The molecule has 168 valence electrons. The molecule has 2 heterocycles. The van der Waals surface area contributed by atoms with Crippen LogP contribution >= 0.6 is 0 Å². The molecule has 32 heavy (non-hydrogen) atoms. The van der Waals surface area contributed by atoms with Gasteiger partial charge in [0.05, 0.1) is 12.2 Å². The standard InChI is InChI=1S/C25H29FN4O2/c1-29-13-15-30(16-14-29)18-22(19-5-3-2-4-6-19)28-24(31)11-12-25-27-17-23(32-25)20-7-9-21(26)10-8-20/h2-10,17,22H,11-16,18H2,1H3,(H,28,31). The van der Waals surface area contributed by atoms with Crippen molar-refractivity contribution in [3.63, 3.8) is 0 Å². The van der Waals surface area contributed by atoms with Crippen LogP contribution in [0.5, 0.6) is 0 Å². The van der Waals surface area contributed by atoms with Gasteiger partial charge in [-0.1, -0.05) is 30.3 Å². The molecule has 0 bridgehead atoms. The number of rotatable bonds is 8. The average Bonchev–Trinajstić information content (AvgIpc) is 3.29. The van der Waals surface area contributed by atoms with E-state index < -0.39 is 0 Å². The zero-order chi connectivity index (χ0) is 22.3. The Morgan fingerprint density at radius 3 is 2.53 bits per heavy atom. The van der Waals surface area contributed by atoms with Crippen molar-refractivity contribution < 1.29 is 13.6 Å². The summed E-state index contributed by atoms with van der Waals surface area (Å²) in [6, 6.07) is 16.1. The number of halogens is 1. The monoisotopic (exact) mass is 436 g/mol. The molecule has 1 aromatic heterocycles. The fourth-order valence-corrected chi connectivity index (χ4v) is 3.87. The van der Waals surface area contributed by atoms with Crippen LogP contribution in [0, 0.1) is 5.82 Å².